The van der Waals surface area contributed by atoms with Gasteiger partial charge < -0.3 is 14.2 Å². The van der Waals surface area contributed by atoms with Gasteiger partial charge in [-0.05, 0) is 41.5 Å². The number of hydrogen-bond acceptors (Lipinski definition) is 3. The van der Waals surface area contributed by atoms with Crippen molar-refractivity contribution in [3.63, 3.8) is 0 Å². The lowest BCUT2D eigenvalue weighted by atomic mass is 10.0. The van der Waals surface area contributed by atoms with Crippen molar-refractivity contribution < 1.29 is 14.2 Å². The molecule has 0 saturated carbocycles. The zero-order chi connectivity index (χ0) is 16.1. The summed E-state index contributed by atoms with van der Waals surface area (Å²) in [7, 11) is 3.25. The van der Waals surface area contributed by atoms with E-state index in [1.165, 1.54) is 0 Å². The van der Waals surface area contributed by atoms with Crippen molar-refractivity contribution in [1.82, 2.24) is 0 Å². The molecule has 0 aliphatic rings. The fraction of sp³-hybridized carbons (Fsp3) is 0.100. The molecular formula is C20H17O3. The number of methoxy groups -OCH3 is 2. The van der Waals surface area contributed by atoms with Gasteiger partial charge >= 0.3 is 0 Å². The molecule has 0 amide bonds. The van der Waals surface area contributed by atoms with Crippen molar-refractivity contribution in [2.24, 2.45) is 0 Å². The van der Waals surface area contributed by atoms with Gasteiger partial charge in [-0.3, -0.25) is 0 Å². The summed E-state index contributed by atoms with van der Waals surface area (Å²) < 4.78 is 16.5. The summed E-state index contributed by atoms with van der Waals surface area (Å²) in [4.78, 5) is 0. The van der Waals surface area contributed by atoms with E-state index in [4.69, 9.17) is 14.2 Å². The van der Waals surface area contributed by atoms with Crippen LogP contribution in [0.4, 0.5) is 0 Å². The summed E-state index contributed by atoms with van der Waals surface area (Å²) in [5.74, 6) is 2.84. The smallest absolute Gasteiger partial charge is 0.161 e. The molecule has 0 atom stereocenters. The van der Waals surface area contributed by atoms with Crippen LogP contribution < -0.4 is 14.2 Å². The van der Waals surface area contributed by atoms with Crippen LogP contribution in [-0.4, -0.2) is 14.2 Å². The molecule has 0 unspecified atom stereocenters. The summed E-state index contributed by atoms with van der Waals surface area (Å²) in [6, 6.07) is 24.5. The summed E-state index contributed by atoms with van der Waals surface area (Å²) in [5, 5.41) is 0. The molecule has 0 aliphatic heterocycles. The topological polar surface area (TPSA) is 27.7 Å². The van der Waals surface area contributed by atoms with E-state index < -0.39 is 0 Å². The van der Waals surface area contributed by atoms with Crippen LogP contribution in [-0.2, 0) is 0 Å². The largest absolute Gasteiger partial charge is 0.493 e. The van der Waals surface area contributed by atoms with Gasteiger partial charge in [0.1, 0.15) is 11.5 Å². The van der Waals surface area contributed by atoms with Gasteiger partial charge in [0.2, 0.25) is 0 Å². The van der Waals surface area contributed by atoms with E-state index in [1.807, 2.05) is 66.7 Å². The maximum atomic E-state index is 5.83. The normalized spacial score (nSPS) is 10.2. The molecule has 3 rings (SSSR count). The molecule has 23 heavy (non-hydrogen) atoms. The second-order valence-electron chi connectivity index (χ2n) is 4.91. The quantitative estimate of drug-likeness (QED) is 0.666. The fourth-order valence-corrected chi connectivity index (χ4v) is 2.29. The van der Waals surface area contributed by atoms with Crippen LogP contribution in [0.2, 0.25) is 0 Å². The van der Waals surface area contributed by atoms with E-state index in [0.717, 1.165) is 16.9 Å². The Morgan fingerprint density at radius 3 is 2.26 bits per heavy atom. The highest BCUT2D eigenvalue weighted by Gasteiger charge is 2.07. The highest BCUT2D eigenvalue weighted by Crippen LogP contribution is 2.33. The van der Waals surface area contributed by atoms with E-state index >= 15 is 0 Å². The lowest BCUT2D eigenvalue weighted by molar-refractivity contribution is 0.355. The van der Waals surface area contributed by atoms with Crippen LogP contribution in [0.3, 0.4) is 0 Å². The molecule has 0 bridgehead atoms. The van der Waals surface area contributed by atoms with Crippen LogP contribution in [0.1, 0.15) is 0 Å². The Labute approximate surface area is 136 Å². The SMILES string of the molecule is COc1ccc(-c2[c]c(Oc3ccccc3)ccc2)cc1OC. The van der Waals surface area contributed by atoms with Gasteiger partial charge in [-0.15, -0.1) is 0 Å². The predicted molar refractivity (Wildman–Crippen MR) is 90.3 cm³/mol. The summed E-state index contributed by atoms with van der Waals surface area (Å²) >= 11 is 0. The van der Waals surface area contributed by atoms with Crippen molar-refractivity contribution in [1.29, 1.82) is 0 Å². The first-order valence-corrected chi connectivity index (χ1v) is 7.28. The minimum absolute atomic E-state index is 0.670. The Bertz CT molecular complexity index is 782. The highest BCUT2D eigenvalue weighted by molar-refractivity contribution is 5.68. The van der Waals surface area contributed by atoms with Gasteiger partial charge in [0, 0.05) is 6.07 Å². The van der Waals surface area contributed by atoms with Gasteiger partial charge in [0.05, 0.1) is 14.2 Å². The number of rotatable bonds is 5. The number of benzene rings is 3. The Hall–Kier alpha value is -2.94. The Kier molecular flexibility index (Phi) is 4.48. The molecule has 0 N–H and O–H groups in total. The van der Waals surface area contributed by atoms with Gasteiger partial charge in [0.15, 0.2) is 11.5 Å². The second-order valence-corrected chi connectivity index (χ2v) is 4.91. The molecule has 0 aromatic heterocycles. The maximum Gasteiger partial charge on any atom is 0.161 e. The van der Waals surface area contributed by atoms with Gasteiger partial charge in [0.25, 0.3) is 0 Å². The maximum absolute atomic E-state index is 5.83. The van der Waals surface area contributed by atoms with E-state index in [0.29, 0.717) is 17.2 Å². The van der Waals surface area contributed by atoms with Gasteiger partial charge in [-0.2, -0.15) is 0 Å². The van der Waals surface area contributed by atoms with Gasteiger partial charge in [-0.1, -0.05) is 36.4 Å². The number of ether oxygens (including phenoxy) is 3. The molecule has 3 nitrogen and oxygen atoms in total. The Morgan fingerprint density at radius 2 is 1.52 bits per heavy atom. The van der Waals surface area contributed by atoms with Crippen molar-refractivity contribution in [2.45, 2.75) is 0 Å². The summed E-state index contributed by atoms with van der Waals surface area (Å²) in [6.07, 6.45) is 0. The molecule has 3 aromatic carbocycles. The first-order valence-electron chi connectivity index (χ1n) is 7.28. The third-order valence-corrected chi connectivity index (χ3v) is 3.43. The predicted octanol–water partition coefficient (Wildman–Crippen LogP) is 4.96. The molecule has 0 spiro atoms. The van der Waals surface area contributed by atoms with Gasteiger partial charge in [-0.25, -0.2) is 0 Å². The summed E-state index contributed by atoms with van der Waals surface area (Å²) in [6.45, 7) is 0. The zero-order valence-electron chi connectivity index (χ0n) is 13.1. The third-order valence-electron chi connectivity index (χ3n) is 3.43. The van der Waals surface area contributed by atoms with Crippen LogP contribution >= 0.6 is 0 Å². The lowest BCUT2D eigenvalue weighted by Gasteiger charge is -2.11. The van der Waals surface area contributed by atoms with Crippen LogP contribution in [0.5, 0.6) is 23.0 Å². The second kappa shape index (κ2) is 6.88. The van der Waals surface area contributed by atoms with Crippen molar-refractivity contribution in [3.05, 3.63) is 72.8 Å². The number of para-hydroxylation sites is 1. The van der Waals surface area contributed by atoms with E-state index in [1.54, 1.807) is 14.2 Å². The highest BCUT2D eigenvalue weighted by atomic mass is 16.5. The van der Waals surface area contributed by atoms with E-state index in [2.05, 4.69) is 6.07 Å². The first-order chi connectivity index (χ1) is 11.3. The molecule has 0 heterocycles. The molecule has 0 fully saturated rings. The van der Waals surface area contributed by atoms with Crippen molar-refractivity contribution in [2.75, 3.05) is 14.2 Å². The Balaban J connectivity index is 1.90. The molecule has 0 aliphatic carbocycles. The van der Waals surface area contributed by atoms with Crippen molar-refractivity contribution in [3.8, 4) is 34.1 Å². The average Bonchev–Trinajstić information content (AvgIpc) is 2.62. The average molecular weight is 305 g/mol. The molecule has 1 radical (unpaired) electrons. The molecule has 0 saturated heterocycles. The van der Waals surface area contributed by atoms with E-state index in [-0.39, 0.29) is 0 Å². The minimum Gasteiger partial charge on any atom is -0.493 e. The van der Waals surface area contributed by atoms with Crippen LogP contribution in [0.25, 0.3) is 11.1 Å². The molecular weight excluding hydrogens is 288 g/mol. The fourth-order valence-electron chi connectivity index (χ4n) is 2.29. The van der Waals surface area contributed by atoms with Crippen LogP contribution in [0, 0.1) is 6.07 Å². The molecule has 3 heteroatoms. The lowest BCUT2D eigenvalue weighted by Crippen LogP contribution is -1.91. The van der Waals surface area contributed by atoms with Crippen LogP contribution in [0.15, 0.2) is 66.7 Å². The van der Waals surface area contributed by atoms with E-state index in [9.17, 15) is 0 Å². The standard InChI is InChI=1S/C20H17O3/c1-21-19-12-11-16(14-20(19)22-2)15-7-6-10-18(13-15)23-17-8-4-3-5-9-17/h3-12,14H,1-2H3. The Morgan fingerprint density at radius 1 is 0.739 bits per heavy atom. The molecule has 3 aromatic rings. The molecule has 115 valence electrons. The number of hydrogen-bond donors (Lipinski definition) is 0. The van der Waals surface area contributed by atoms with Crippen molar-refractivity contribution >= 4 is 0 Å². The monoisotopic (exact) mass is 305 g/mol. The first kappa shape index (κ1) is 15.0. The zero-order valence-corrected chi connectivity index (χ0v) is 13.1. The summed E-state index contributed by atoms with van der Waals surface area (Å²) in [5.41, 5.74) is 1.92. The third kappa shape index (κ3) is 3.46. The minimum atomic E-state index is 0.670.